The van der Waals surface area contributed by atoms with Gasteiger partial charge in [0.25, 0.3) is 0 Å². The molecule has 4 nitrogen and oxygen atoms in total. The average Bonchev–Trinajstić information content (AvgIpc) is 2.93. The minimum atomic E-state index is -0.368. The predicted molar refractivity (Wildman–Crippen MR) is 95.2 cm³/mol. The Morgan fingerprint density at radius 3 is 2.52 bits per heavy atom. The lowest BCUT2D eigenvalue weighted by molar-refractivity contribution is -0.142. The van der Waals surface area contributed by atoms with E-state index >= 15 is 0 Å². The molecule has 3 rings (SSSR count). The van der Waals surface area contributed by atoms with Crippen molar-refractivity contribution in [2.75, 3.05) is 0 Å². The van der Waals surface area contributed by atoms with Crippen LogP contribution in [0.1, 0.15) is 37.9 Å². The smallest absolute Gasteiger partial charge is 0.302 e. The molecule has 0 amide bonds. The fraction of sp³-hybridized carbons (Fsp3) is 0.263. The lowest BCUT2D eigenvalue weighted by atomic mass is 9.95. The molecule has 0 aliphatic heterocycles. The number of carbonyl (C=O) groups excluding carboxylic acids is 1. The Balaban J connectivity index is 2.33. The standard InChI is InChI=1S/C19H18ClFN2O2/c1-11(2)19-15(10-25-12(3)24)18(13-4-6-14(21)7-5-13)16-8-9-17(20)23(16)22-19/h4-9,11H,10H2,1-3H3. The maximum absolute atomic E-state index is 13.4. The van der Waals surface area contributed by atoms with E-state index in [1.165, 1.54) is 19.1 Å². The number of rotatable bonds is 4. The summed E-state index contributed by atoms with van der Waals surface area (Å²) in [5.74, 6) is -0.589. The molecule has 0 atom stereocenters. The number of benzene rings is 1. The minimum absolute atomic E-state index is 0.0904. The van der Waals surface area contributed by atoms with Gasteiger partial charge in [0.1, 0.15) is 17.6 Å². The van der Waals surface area contributed by atoms with Crippen LogP contribution in [0.15, 0.2) is 36.4 Å². The highest BCUT2D eigenvalue weighted by atomic mass is 35.5. The van der Waals surface area contributed by atoms with E-state index in [4.69, 9.17) is 16.3 Å². The van der Waals surface area contributed by atoms with E-state index in [9.17, 15) is 9.18 Å². The van der Waals surface area contributed by atoms with Crippen LogP contribution in [0.3, 0.4) is 0 Å². The van der Waals surface area contributed by atoms with E-state index < -0.39 is 0 Å². The molecule has 0 saturated heterocycles. The Morgan fingerprint density at radius 1 is 1.24 bits per heavy atom. The Labute approximate surface area is 150 Å². The predicted octanol–water partition coefficient (Wildman–Crippen LogP) is 4.98. The van der Waals surface area contributed by atoms with Crippen LogP contribution in [0.4, 0.5) is 4.39 Å². The number of aromatic nitrogens is 2. The van der Waals surface area contributed by atoms with Gasteiger partial charge >= 0.3 is 5.97 Å². The first-order valence-corrected chi connectivity index (χ1v) is 8.35. The van der Waals surface area contributed by atoms with Gasteiger partial charge in [0.2, 0.25) is 0 Å². The van der Waals surface area contributed by atoms with E-state index in [0.717, 1.165) is 27.9 Å². The van der Waals surface area contributed by atoms with E-state index in [1.54, 1.807) is 22.7 Å². The van der Waals surface area contributed by atoms with Crippen molar-refractivity contribution in [3.05, 3.63) is 58.6 Å². The van der Waals surface area contributed by atoms with Crippen LogP contribution in [0.25, 0.3) is 16.6 Å². The van der Waals surface area contributed by atoms with Crippen LogP contribution >= 0.6 is 11.6 Å². The van der Waals surface area contributed by atoms with Gasteiger partial charge in [-0.1, -0.05) is 37.6 Å². The lowest BCUT2D eigenvalue weighted by Gasteiger charge is -2.18. The number of ether oxygens (including phenoxy) is 1. The van der Waals surface area contributed by atoms with E-state index in [0.29, 0.717) is 5.15 Å². The molecule has 6 heteroatoms. The molecule has 1 aromatic carbocycles. The molecular formula is C19H18ClFN2O2. The van der Waals surface area contributed by atoms with Gasteiger partial charge in [-0.25, -0.2) is 8.91 Å². The van der Waals surface area contributed by atoms with Gasteiger partial charge < -0.3 is 4.74 Å². The van der Waals surface area contributed by atoms with Crippen molar-refractivity contribution in [2.45, 2.75) is 33.3 Å². The topological polar surface area (TPSA) is 43.6 Å². The van der Waals surface area contributed by atoms with Gasteiger partial charge in [-0.15, -0.1) is 0 Å². The Bertz CT molecular complexity index is 933. The number of hydrogen-bond acceptors (Lipinski definition) is 3. The Hall–Kier alpha value is -2.40. The summed E-state index contributed by atoms with van der Waals surface area (Å²) in [6, 6.07) is 9.83. The van der Waals surface area contributed by atoms with Crippen molar-refractivity contribution in [2.24, 2.45) is 0 Å². The number of nitrogens with zero attached hydrogens (tertiary/aromatic N) is 2. The average molecular weight is 361 g/mol. The molecule has 0 unspecified atom stereocenters. The summed E-state index contributed by atoms with van der Waals surface area (Å²) in [5, 5.41) is 5.12. The second kappa shape index (κ2) is 6.84. The van der Waals surface area contributed by atoms with E-state index in [-0.39, 0.29) is 24.3 Å². The highest BCUT2D eigenvalue weighted by molar-refractivity contribution is 6.30. The maximum atomic E-state index is 13.4. The first kappa shape index (κ1) is 17.4. The highest BCUT2D eigenvalue weighted by Gasteiger charge is 2.21. The zero-order chi connectivity index (χ0) is 18.1. The number of hydrogen-bond donors (Lipinski definition) is 0. The van der Waals surface area contributed by atoms with Crippen molar-refractivity contribution < 1.29 is 13.9 Å². The first-order valence-electron chi connectivity index (χ1n) is 7.97. The van der Waals surface area contributed by atoms with Crippen molar-refractivity contribution in [1.82, 2.24) is 9.61 Å². The van der Waals surface area contributed by atoms with Gasteiger partial charge in [-0.3, -0.25) is 4.79 Å². The molecule has 0 aliphatic carbocycles. The van der Waals surface area contributed by atoms with E-state index in [2.05, 4.69) is 5.10 Å². The largest absolute Gasteiger partial charge is 0.461 e. The molecule has 0 saturated carbocycles. The second-order valence-corrected chi connectivity index (χ2v) is 6.52. The van der Waals surface area contributed by atoms with Crippen molar-refractivity contribution >= 4 is 23.1 Å². The summed E-state index contributed by atoms with van der Waals surface area (Å²) in [6.45, 7) is 5.49. The van der Waals surface area contributed by atoms with E-state index in [1.807, 2.05) is 19.9 Å². The van der Waals surface area contributed by atoms with Gasteiger partial charge in [0.15, 0.2) is 0 Å². The molecule has 0 radical (unpaired) electrons. The highest BCUT2D eigenvalue weighted by Crippen LogP contribution is 2.35. The third kappa shape index (κ3) is 3.37. The molecule has 130 valence electrons. The summed E-state index contributed by atoms with van der Waals surface area (Å²) >= 11 is 6.27. The molecule has 3 aromatic rings. The van der Waals surface area contributed by atoms with Gasteiger partial charge in [-0.2, -0.15) is 5.10 Å². The molecule has 0 bridgehead atoms. The van der Waals surface area contributed by atoms with Crippen molar-refractivity contribution in [1.29, 1.82) is 0 Å². The second-order valence-electron chi connectivity index (χ2n) is 6.13. The number of halogens is 2. The van der Waals surface area contributed by atoms with Crippen LogP contribution in [-0.2, 0) is 16.1 Å². The minimum Gasteiger partial charge on any atom is -0.461 e. The van der Waals surface area contributed by atoms with Crippen LogP contribution < -0.4 is 0 Å². The zero-order valence-corrected chi connectivity index (χ0v) is 15.0. The molecule has 2 aromatic heterocycles. The molecule has 0 aliphatic rings. The normalized spacial score (nSPS) is 11.3. The zero-order valence-electron chi connectivity index (χ0n) is 14.2. The van der Waals surface area contributed by atoms with Crippen molar-refractivity contribution in [3.63, 3.8) is 0 Å². The fourth-order valence-electron chi connectivity index (χ4n) is 2.87. The summed E-state index contributed by atoms with van der Waals surface area (Å²) < 4.78 is 20.3. The molecule has 0 N–H and O–H groups in total. The molecular weight excluding hydrogens is 343 g/mol. The summed E-state index contributed by atoms with van der Waals surface area (Å²) in [4.78, 5) is 11.3. The number of esters is 1. The molecule has 25 heavy (non-hydrogen) atoms. The monoisotopic (exact) mass is 360 g/mol. The van der Waals surface area contributed by atoms with Gasteiger partial charge in [0, 0.05) is 18.1 Å². The summed E-state index contributed by atoms with van der Waals surface area (Å²) in [6.07, 6.45) is 0. The van der Waals surface area contributed by atoms with Crippen LogP contribution in [0.5, 0.6) is 0 Å². The Kier molecular flexibility index (Phi) is 4.77. The van der Waals surface area contributed by atoms with Gasteiger partial charge in [-0.05, 0) is 35.7 Å². The van der Waals surface area contributed by atoms with Crippen LogP contribution in [0.2, 0.25) is 5.15 Å². The molecule has 0 fully saturated rings. The SMILES string of the molecule is CC(=O)OCc1c(C(C)C)nn2c(Cl)ccc2c1-c1ccc(F)cc1. The molecule has 2 heterocycles. The third-order valence-corrected chi connectivity index (χ3v) is 4.27. The quantitative estimate of drug-likeness (QED) is 0.616. The maximum Gasteiger partial charge on any atom is 0.302 e. The Morgan fingerprint density at radius 2 is 1.92 bits per heavy atom. The molecule has 0 spiro atoms. The summed E-state index contributed by atoms with van der Waals surface area (Å²) in [5.41, 5.74) is 4.02. The first-order chi connectivity index (χ1) is 11.9. The summed E-state index contributed by atoms with van der Waals surface area (Å²) in [7, 11) is 0. The van der Waals surface area contributed by atoms with Gasteiger partial charge in [0.05, 0.1) is 11.2 Å². The fourth-order valence-corrected chi connectivity index (χ4v) is 3.06. The van der Waals surface area contributed by atoms with Crippen molar-refractivity contribution in [3.8, 4) is 11.1 Å². The van der Waals surface area contributed by atoms with Crippen LogP contribution in [-0.4, -0.2) is 15.6 Å². The number of carbonyl (C=O) groups is 1. The van der Waals surface area contributed by atoms with Crippen LogP contribution in [0, 0.1) is 5.82 Å². The third-order valence-electron chi connectivity index (χ3n) is 3.98. The lowest BCUT2D eigenvalue weighted by Crippen LogP contribution is -2.11. The number of fused-ring (bicyclic) bond motifs is 1.